The van der Waals surface area contributed by atoms with Gasteiger partial charge in [-0.25, -0.2) is 9.59 Å². The Kier molecular flexibility index (Phi) is 7.91. The van der Waals surface area contributed by atoms with Crippen LogP contribution in [0.5, 0.6) is 5.75 Å². The van der Waals surface area contributed by atoms with E-state index in [9.17, 15) is 19.5 Å². The molecule has 40 heavy (non-hydrogen) atoms. The summed E-state index contributed by atoms with van der Waals surface area (Å²) in [5.74, 6) is -0.905. The summed E-state index contributed by atoms with van der Waals surface area (Å²) < 4.78 is 17.2. The lowest BCUT2D eigenvalue weighted by molar-refractivity contribution is -0.150. The number of hydrogen-bond acceptors (Lipinski definition) is 6. The average Bonchev–Trinajstić information content (AvgIpc) is 3.30. The molecule has 2 amide bonds. The van der Waals surface area contributed by atoms with Gasteiger partial charge in [0.25, 0.3) is 0 Å². The van der Waals surface area contributed by atoms with E-state index in [0.29, 0.717) is 6.42 Å². The lowest BCUT2D eigenvalue weighted by Crippen LogP contribution is -2.57. The van der Waals surface area contributed by atoms with E-state index in [1.165, 1.54) is 12.0 Å². The molecule has 5 bridgehead atoms. The minimum absolute atomic E-state index is 0.0179. The fraction of sp³-hybridized carbons (Fsp3) is 0.516. The fourth-order valence-electron chi connectivity index (χ4n) is 5.48. The monoisotopic (exact) mass is 552 g/mol. The van der Waals surface area contributed by atoms with Crippen molar-refractivity contribution in [2.24, 2.45) is 10.8 Å². The second-order valence-corrected chi connectivity index (χ2v) is 12.7. The smallest absolute Gasteiger partial charge is 0.407 e. The van der Waals surface area contributed by atoms with Gasteiger partial charge in [-0.15, -0.1) is 0 Å². The van der Waals surface area contributed by atoms with E-state index in [2.05, 4.69) is 5.32 Å². The number of carboxylic acid groups (broad SMARTS) is 1. The van der Waals surface area contributed by atoms with Gasteiger partial charge in [-0.1, -0.05) is 58.9 Å². The van der Waals surface area contributed by atoms with Gasteiger partial charge in [-0.3, -0.25) is 4.79 Å². The van der Waals surface area contributed by atoms with Crippen LogP contribution in [-0.4, -0.2) is 67.4 Å². The third-order valence-corrected chi connectivity index (χ3v) is 7.94. The number of alkyl carbamates (subject to hydrolysis) is 1. The molecule has 0 aromatic heterocycles. The van der Waals surface area contributed by atoms with Gasteiger partial charge in [0, 0.05) is 24.5 Å². The molecular weight excluding hydrogens is 512 g/mol. The number of carbonyl (C=O) groups is 3. The van der Waals surface area contributed by atoms with Gasteiger partial charge in [-0.2, -0.15) is 0 Å². The highest BCUT2D eigenvalue weighted by Gasteiger charge is 2.52. The molecule has 0 unspecified atom stereocenters. The first kappa shape index (κ1) is 29.4. The maximum absolute atomic E-state index is 14.0. The molecule has 216 valence electrons. The molecular formula is C31H40N2O7. The molecule has 2 aromatic carbocycles. The van der Waals surface area contributed by atoms with Crippen LogP contribution in [0, 0.1) is 10.8 Å². The van der Waals surface area contributed by atoms with Gasteiger partial charge in [0.05, 0.1) is 20.3 Å². The third kappa shape index (κ3) is 5.80. The number of hydrogen-bond donors (Lipinski definition) is 2. The van der Waals surface area contributed by atoms with Gasteiger partial charge in [0.15, 0.2) is 0 Å². The molecule has 2 heterocycles. The largest absolute Gasteiger partial charge is 0.496 e. The Bertz CT molecular complexity index is 1340. The number of carboxylic acids is 1. The predicted octanol–water partition coefficient (Wildman–Crippen LogP) is 4.96. The van der Waals surface area contributed by atoms with Crippen molar-refractivity contribution in [3.63, 3.8) is 0 Å². The van der Waals surface area contributed by atoms with Crippen LogP contribution in [0.2, 0.25) is 0 Å². The van der Waals surface area contributed by atoms with Crippen molar-refractivity contribution >= 4 is 34.8 Å². The number of allylic oxidation sites excluding steroid dienone is 1. The highest BCUT2D eigenvalue weighted by atomic mass is 16.5. The van der Waals surface area contributed by atoms with E-state index in [1.807, 2.05) is 77.1 Å². The van der Waals surface area contributed by atoms with Crippen molar-refractivity contribution in [3.05, 3.63) is 47.5 Å². The maximum atomic E-state index is 14.0. The van der Waals surface area contributed by atoms with E-state index in [1.54, 1.807) is 7.11 Å². The van der Waals surface area contributed by atoms with Crippen LogP contribution in [0.15, 0.2) is 36.4 Å². The number of methoxy groups -OCH3 is 2. The molecule has 3 atom stereocenters. The number of cyclic esters (lactones) is 1. The number of fused-ring (bicyclic) bond motifs is 5. The molecule has 1 fully saturated rings. The molecule has 0 saturated carbocycles. The normalized spacial score (nSPS) is 25.4. The minimum atomic E-state index is -1.14. The van der Waals surface area contributed by atoms with Crippen molar-refractivity contribution < 1.29 is 33.7 Å². The lowest BCUT2D eigenvalue weighted by atomic mass is 9.85. The summed E-state index contributed by atoms with van der Waals surface area (Å²) >= 11 is 0. The molecule has 9 heteroatoms. The van der Waals surface area contributed by atoms with E-state index < -0.39 is 41.1 Å². The second-order valence-electron chi connectivity index (χ2n) is 12.7. The van der Waals surface area contributed by atoms with Crippen LogP contribution in [-0.2, 0) is 24.7 Å². The van der Waals surface area contributed by atoms with E-state index >= 15 is 0 Å². The number of nitrogens with zero attached hydrogens (tertiary/aromatic N) is 1. The molecule has 2 aromatic rings. The van der Waals surface area contributed by atoms with Crippen molar-refractivity contribution in [1.82, 2.24) is 10.2 Å². The first-order chi connectivity index (χ1) is 18.7. The van der Waals surface area contributed by atoms with Crippen LogP contribution in [0.3, 0.4) is 0 Å². The van der Waals surface area contributed by atoms with Gasteiger partial charge in [0.1, 0.15) is 23.4 Å². The zero-order valence-corrected chi connectivity index (χ0v) is 24.4. The molecule has 0 spiro atoms. The second kappa shape index (κ2) is 10.8. The van der Waals surface area contributed by atoms with Crippen LogP contribution in [0.4, 0.5) is 4.79 Å². The molecule has 2 aliphatic rings. The highest BCUT2D eigenvalue weighted by molar-refractivity contribution is 5.91. The van der Waals surface area contributed by atoms with E-state index in [0.717, 1.165) is 27.6 Å². The van der Waals surface area contributed by atoms with Gasteiger partial charge in [0.2, 0.25) is 5.91 Å². The number of amides is 2. The SMILES string of the molecule is COc1cc2ccc3cc2cc1C=CCC(C)(C)COC(=O)N[C@@H](C(C)(C)C)C(=O)N1C[C@@]3(OC)C[C@H]1C(=O)O. The number of aliphatic carboxylic acids is 1. The maximum Gasteiger partial charge on any atom is 0.407 e. The predicted molar refractivity (Wildman–Crippen MR) is 152 cm³/mol. The first-order valence-corrected chi connectivity index (χ1v) is 13.5. The molecule has 2 N–H and O–H groups in total. The Hall–Kier alpha value is -3.59. The third-order valence-electron chi connectivity index (χ3n) is 7.94. The minimum Gasteiger partial charge on any atom is -0.496 e. The van der Waals surface area contributed by atoms with Crippen LogP contribution >= 0.6 is 0 Å². The van der Waals surface area contributed by atoms with E-state index in [-0.39, 0.29) is 25.0 Å². The molecule has 0 aliphatic carbocycles. The first-order valence-electron chi connectivity index (χ1n) is 13.5. The van der Waals surface area contributed by atoms with Gasteiger partial charge < -0.3 is 29.5 Å². The summed E-state index contributed by atoms with van der Waals surface area (Å²) in [7, 11) is 3.16. The van der Waals surface area contributed by atoms with Crippen LogP contribution in [0.1, 0.15) is 58.6 Å². The number of nitrogens with one attached hydrogen (secondary N) is 1. The molecule has 9 nitrogen and oxygen atoms in total. The number of benzene rings is 2. The summed E-state index contributed by atoms with van der Waals surface area (Å²) in [5.41, 5.74) is -0.491. The van der Waals surface area contributed by atoms with Crippen molar-refractivity contribution in [2.75, 3.05) is 27.4 Å². The molecule has 4 rings (SSSR count). The zero-order chi connectivity index (χ0) is 29.5. The van der Waals surface area contributed by atoms with Gasteiger partial charge in [-0.05, 0) is 46.4 Å². The Morgan fingerprint density at radius 2 is 1.85 bits per heavy atom. The highest BCUT2D eigenvalue weighted by Crippen LogP contribution is 2.42. The standard InChI is InChI=1S/C31H40N2O7/c1-29(2,3)25-26(34)33-17-31(39-7,16-23(33)27(35)36)22-11-10-19-15-24(38-6)20(13-21(19)14-22)9-8-12-30(4,5)18-40-28(37)32-25/h8-11,13-15,23,25H,12,16-18H2,1-7H3,(H,32,37)(H,35,36)/t23-,25+,31-/m0/s1. The summed E-state index contributed by atoms with van der Waals surface area (Å²) in [6.07, 6.45) is 3.99. The molecule has 0 radical (unpaired) electrons. The lowest BCUT2D eigenvalue weighted by Gasteiger charge is -2.35. The van der Waals surface area contributed by atoms with Crippen LogP contribution < -0.4 is 10.1 Å². The number of ether oxygens (including phenoxy) is 3. The van der Waals surface area contributed by atoms with E-state index in [4.69, 9.17) is 14.2 Å². The Morgan fingerprint density at radius 1 is 1.12 bits per heavy atom. The van der Waals surface area contributed by atoms with Crippen LogP contribution in [0.25, 0.3) is 16.8 Å². The topological polar surface area (TPSA) is 114 Å². The molecule has 2 aliphatic heterocycles. The Labute approximate surface area is 235 Å². The van der Waals surface area contributed by atoms with Crippen molar-refractivity contribution in [3.8, 4) is 5.75 Å². The summed E-state index contributed by atoms with van der Waals surface area (Å²) in [5, 5.41) is 14.8. The zero-order valence-electron chi connectivity index (χ0n) is 24.4. The number of carbonyl (C=O) groups excluding carboxylic acids is 2. The van der Waals surface area contributed by atoms with Crippen molar-refractivity contribution in [1.29, 1.82) is 0 Å². The number of rotatable bonds is 3. The summed E-state index contributed by atoms with van der Waals surface area (Å²) in [6, 6.07) is 7.70. The van der Waals surface area contributed by atoms with Crippen molar-refractivity contribution in [2.45, 2.75) is 65.1 Å². The summed E-state index contributed by atoms with van der Waals surface area (Å²) in [6.45, 7) is 9.59. The summed E-state index contributed by atoms with van der Waals surface area (Å²) in [4.78, 5) is 40.7. The average molecular weight is 553 g/mol. The van der Waals surface area contributed by atoms with Gasteiger partial charge >= 0.3 is 12.1 Å². The fourth-order valence-corrected chi connectivity index (χ4v) is 5.48. The molecule has 1 saturated heterocycles. The Morgan fingerprint density at radius 3 is 2.48 bits per heavy atom. The Balaban J connectivity index is 1.89. The quantitative estimate of drug-likeness (QED) is 0.553.